The highest BCUT2D eigenvalue weighted by Gasteiger charge is 2.31. The molecule has 166 valence electrons. The van der Waals surface area contributed by atoms with E-state index in [1.165, 1.54) is 32.2 Å². The van der Waals surface area contributed by atoms with Crippen molar-refractivity contribution in [3.63, 3.8) is 0 Å². The van der Waals surface area contributed by atoms with Crippen molar-refractivity contribution in [3.8, 4) is 5.75 Å². The lowest BCUT2D eigenvalue weighted by Gasteiger charge is -2.19. The highest BCUT2D eigenvalue weighted by molar-refractivity contribution is 7.94. The lowest BCUT2D eigenvalue weighted by Crippen LogP contribution is -2.42. The summed E-state index contributed by atoms with van der Waals surface area (Å²) in [6.45, 7) is 1.50. The van der Waals surface area contributed by atoms with Crippen molar-refractivity contribution in [2.45, 2.75) is 17.2 Å². The lowest BCUT2D eigenvalue weighted by molar-refractivity contribution is -0.159. The van der Waals surface area contributed by atoms with Crippen molar-refractivity contribution in [1.29, 1.82) is 0 Å². The van der Waals surface area contributed by atoms with Gasteiger partial charge in [0, 0.05) is 20.1 Å². The predicted octanol–water partition coefficient (Wildman–Crippen LogP) is 1.44. The van der Waals surface area contributed by atoms with Crippen molar-refractivity contribution >= 4 is 45.0 Å². The quantitative estimate of drug-likeness (QED) is 0.583. The number of nitrogens with zero attached hydrogens (tertiary/aromatic N) is 2. The van der Waals surface area contributed by atoms with Gasteiger partial charge < -0.3 is 14.8 Å². The van der Waals surface area contributed by atoms with E-state index in [0.717, 1.165) is 20.5 Å². The minimum absolute atomic E-state index is 0.221. The molecule has 0 bridgehead atoms. The topological polar surface area (TPSA) is 122 Å². The Labute approximate surface area is 183 Å². The molecule has 0 aliphatic carbocycles. The van der Waals surface area contributed by atoms with Crippen LogP contribution in [0.25, 0.3) is 0 Å². The Hall–Kier alpha value is -3.12. The zero-order chi connectivity index (χ0) is 22.6. The Kier molecular flexibility index (Phi) is 6.81. The first-order chi connectivity index (χ1) is 14.7. The second kappa shape index (κ2) is 9.35. The van der Waals surface area contributed by atoms with Crippen LogP contribution in [0.4, 0.5) is 10.5 Å². The molecule has 1 aliphatic heterocycles. The molecular formula is C19H21N3O7S2. The zero-order valence-electron chi connectivity index (χ0n) is 16.8. The van der Waals surface area contributed by atoms with Gasteiger partial charge in [-0.15, -0.1) is 11.3 Å². The van der Waals surface area contributed by atoms with Crippen LogP contribution in [0, 0.1) is 0 Å². The molecule has 2 heterocycles. The SMILES string of the molecule is C[C@@H](OC(=O)COc1ccc(N(C)S(=O)(=O)c2cccs2)cc1)C(=O)N1CCNC1=O. The number of esters is 1. The predicted molar refractivity (Wildman–Crippen MR) is 113 cm³/mol. The van der Waals surface area contributed by atoms with Crippen molar-refractivity contribution in [1.82, 2.24) is 10.2 Å². The number of hydrogen-bond donors (Lipinski definition) is 1. The minimum atomic E-state index is -3.65. The van der Waals surface area contributed by atoms with E-state index in [4.69, 9.17) is 9.47 Å². The van der Waals surface area contributed by atoms with Crippen LogP contribution in [0.5, 0.6) is 5.75 Å². The molecule has 1 aromatic heterocycles. The fourth-order valence-corrected chi connectivity index (χ4v) is 5.12. The van der Waals surface area contributed by atoms with Crippen molar-refractivity contribution < 1.29 is 32.3 Å². The first kappa shape index (κ1) is 22.6. The summed E-state index contributed by atoms with van der Waals surface area (Å²) in [5.74, 6) is -1.06. The Bertz CT molecular complexity index is 1050. The lowest BCUT2D eigenvalue weighted by atomic mass is 10.3. The van der Waals surface area contributed by atoms with E-state index >= 15 is 0 Å². The van der Waals surface area contributed by atoms with Crippen LogP contribution in [0.1, 0.15) is 6.92 Å². The normalized spacial score (nSPS) is 14.6. The van der Waals surface area contributed by atoms with E-state index in [2.05, 4.69) is 5.32 Å². The van der Waals surface area contributed by atoms with Gasteiger partial charge in [0.25, 0.3) is 15.9 Å². The largest absolute Gasteiger partial charge is 0.482 e. The molecule has 1 N–H and O–H groups in total. The number of imide groups is 1. The summed E-state index contributed by atoms with van der Waals surface area (Å²) in [5.41, 5.74) is 0.423. The number of ether oxygens (including phenoxy) is 2. The average Bonchev–Trinajstić information content (AvgIpc) is 3.44. The van der Waals surface area contributed by atoms with E-state index in [9.17, 15) is 22.8 Å². The smallest absolute Gasteiger partial charge is 0.344 e. The summed E-state index contributed by atoms with van der Waals surface area (Å²) in [6.07, 6.45) is -1.13. The number of carbonyl (C=O) groups excluding carboxylic acids is 3. The standard InChI is InChI=1S/C19H21N3O7S2/c1-13(18(24)22-10-9-20-19(22)25)29-16(23)12-28-15-7-5-14(6-8-15)21(2)31(26,27)17-4-3-11-30-17/h3-8,11,13H,9-10,12H2,1-2H3,(H,20,25)/t13-/m1/s1. The number of anilines is 1. The van der Waals surface area contributed by atoms with E-state index in [1.54, 1.807) is 23.6 Å². The van der Waals surface area contributed by atoms with E-state index < -0.39 is 40.6 Å². The van der Waals surface area contributed by atoms with Crippen molar-refractivity contribution in [2.75, 3.05) is 31.0 Å². The van der Waals surface area contributed by atoms with Crippen LogP contribution >= 0.6 is 11.3 Å². The fraction of sp³-hybridized carbons (Fsp3) is 0.316. The fourth-order valence-electron chi connectivity index (χ4n) is 2.76. The Balaban J connectivity index is 1.52. The van der Waals surface area contributed by atoms with Gasteiger partial charge in [-0.1, -0.05) is 6.07 Å². The maximum Gasteiger partial charge on any atom is 0.344 e. The molecule has 0 saturated carbocycles. The maximum absolute atomic E-state index is 12.6. The van der Waals surface area contributed by atoms with Gasteiger partial charge >= 0.3 is 12.0 Å². The molecule has 0 radical (unpaired) electrons. The molecule has 0 spiro atoms. The van der Waals surface area contributed by atoms with E-state index in [1.807, 2.05) is 0 Å². The number of rotatable bonds is 8. The first-order valence-corrected chi connectivity index (χ1v) is 11.6. The number of amides is 3. The molecule has 10 nitrogen and oxygen atoms in total. The minimum Gasteiger partial charge on any atom is -0.482 e. The van der Waals surface area contributed by atoms with Crippen LogP contribution in [0.15, 0.2) is 46.0 Å². The molecule has 1 atom stereocenters. The van der Waals surface area contributed by atoms with Gasteiger partial charge in [-0.05, 0) is 42.6 Å². The molecular weight excluding hydrogens is 446 g/mol. The average molecular weight is 468 g/mol. The van der Waals surface area contributed by atoms with Crippen LogP contribution < -0.4 is 14.4 Å². The van der Waals surface area contributed by atoms with Gasteiger partial charge in [-0.25, -0.2) is 18.0 Å². The van der Waals surface area contributed by atoms with Crippen LogP contribution in [0.3, 0.4) is 0 Å². The summed E-state index contributed by atoms with van der Waals surface area (Å²) in [7, 11) is -2.20. The summed E-state index contributed by atoms with van der Waals surface area (Å²) in [4.78, 5) is 36.6. The van der Waals surface area contributed by atoms with Gasteiger partial charge in [-0.3, -0.25) is 14.0 Å². The Morgan fingerprint density at radius 1 is 1.26 bits per heavy atom. The van der Waals surface area contributed by atoms with Crippen LogP contribution in [-0.4, -0.2) is 64.1 Å². The third-order valence-corrected chi connectivity index (χ3v) is 7.60. The molecule has 3 amide bonds. The number of carbonyl (C=O) groups is 3. The van der Waals surface area contributed by atoms with E-state index in [0.29, 0.717) is 18.0 Å². The number of thiophene rings is 1. The first-order valence-electron chi connectivity index (χ1n) is 9.24. The van der Waals surface area contributed by atoms with Gasteiger partial charge in [0.15, 0.2) is 12.7 Å². The summed E-state index contributed by atoms with van der Waals surface area (Å²) >= 11 is 1.13. The number of nitrogens with one attached hydrogen (secondary N) is 1. The van der Waals surface area contributed by atoms with Crippen molar-refractivity contribution in [3.05, 3.63) is 41.8 Å². The molecule has 1 saturated heterocycles. The third-order valence-electron chi connectivity index (χ3n) is 4.45. The summed E-state index contributed by atoms with van der Waals surface area (Å²) < 4.78 is 36.9. The summed E-state index contributed by atoms with van der Waals surface area (Å²) in [5, 5.41) is 4.18. The monoisotopic (exact) mass is 467 g/mol. The highest BCUT2D eigenvalue weighted by Crippen LogP contribution is 2.26. The second-order valence-electron chi connectivity index (χ2n) is 6.54. The molecule has 0 unspecified atom stereocenters. The number of sulfonamides is 1. The number of urea groups is 1. The summed E-state index contributed by atoms with van der Waals surface area (Å²) in [6, 6.07) is 8.80. The molecule has 1 fully saturated rings. The van der Waals surface area contributed by atoms with Gasteiger partial charge in [-0.2, -0.15) is 0 Å². The number of hydrogen-bond acceptors (Lipinski definition) is 8. The van der Waals surface area contributed by atoms with Gasteiger partial charge in [0.05, 0.1) is 5.69 Å². The number of benzene rings is 1. The highest BCUT2D eigenvalue weighted by atomic mass is 32.2. The van der Waals surface area contributed by atoms with Crippen LogP contribution in [-0.2, 0) is 24.3 Å². The van der Waals surface area contributed by atoms with Gasteiger partial charge in [0.2, 0.25) is 0 Å². The Morgan fingerprint density at radius 2 is 1.97 bits per heavy atom. The van der Waals surface area contributed by atoms with Crippen molar-refractivity contribution in [2.24, 2.45) is 0 Å². The Morgan fingerprint density at radius 3 is 2.55 bits per heavy atom. The molecule has 3 rings (SSSR count). The molecule has 12 heteroatoms. The van der Waals surface area contributed by atoms with E-state index in [-0.39, 0.29) is 10.8 Å². The maximum atomic E-state index is 12.6. The molecule has 2 aromatic rings. The molecule has 1 aliphatic rings. The van der Waals surface area contributed by atoms with Gasteiger partial charge in [0.1, 0.15) is 9.96 Å². The molecule has 1 aromatic carbocycles. The third kappa shape index (κ3) is 5.14. The zero-order valence-corrected chi connectivity index (χ0v) is 18.4. The second-order valence-corrected chi connectivity index (χ2v) is 9.68. The van der Waals surface area contributed by atoms with Crippen LogP contribution in [0.2, 0.25) is 0 Å². The molecule has 31 heavy (non-hydrogen) atoms.